The summed E-state index contributed by atoms with van der Waals surface area (Å²) in [4.78, 5) is 11.8. The second kappa shape index (κ2) is 5.65. The summed E-state index contributed by atoms with van der Waals surface area (Å²) in [5.74, 6) is -0.841. The predicted octanol–water partition coefficient (Wildman–Crippen LogP) is 1.84. The van der Waals surface area contributed by atoms with Crippen molar-refractivity contribution in [1.82, 2.24) is 15.1 Å². The van der Waals surface area contributed by atoms with Gasteiger partial charge in [-0.15, -0.1) is 0 Å². The first-order valence-corrected chi connectivity index (χ1v) is 6.09. The Kier molecular flexibility index (Phi) is 3.94. The summed E-state index contributed by atoms with van der Waals surface area (Å²) >= 11 is 0. The molecule has 0 aliphatic carbocycles. The molecule has 4 nitrogen and oxygen atoms in total. The minimum Gasteiger partial charge on any atom is -0.352 e. The second-order valence-electron chi connectivity index (χ2n) is 4.46. The molecule has 5 heteroatoms. The summed E-state index contributed by atoms with van der Waals surface area (Å²) in [5, 5.41) is 6.75. The molecule has 1 aromatic carbocycles. The first-order valence-electron chi connectivity index (χ1n) is 6.09. The minimum atomic E-state index is -0.457. The molecule has 1 amide bonds. The van der Waals surface area contributed by atoms with Gasteiger partial charge in [-0.25, -0.2) is 4.39 Å². The monoisotopic (exact) mass is 261 g/mol. The quantitative estimate of drug-likeness (QED) is 0.913. The molecule has 0 saturated carbocycles. The minimum absolute atomic E-state index is 0.0891. The van der Waals surface area contributed by atoms with Gasteiger partial charge in [0, 0.05) is 19.8 Å². The number of carbonyl (C=O) groups excluding carboxylic acids is 1. The average molecular weight is 261 g/mol. The Morgan fingerprint density at radius 3 is 2.95 bits per heavy atom. The van der Waals surface area contributed by atoms with E-state index >= 15 is 0 Å². The van der Waals surface area contributed by atoms with Crippen molar-refractivity contribution in [3.63, 3.8) is 0 Å². The lowest BCUT2D eigenvalue weighted by Gasteiger charge is -2.06. The van der Waals surface area contributed by atoms with E-state index in [9.17, 15) is 9.18 Å². The van der Waals surface area contributed by atoms with E-state index in [1.54, 1.807) is 29.9 Å². The summed E-state index contributed by atoms with van der Waals surface area (Å²) in [6.45, 7) is 2.10. The maximum Gasteiger partial charge on any atom is 0.254 e. The van der Waals surface area contributed by atoms with Crippen molar-refractivity contribution in [3.05, 3.63) is 53.1 Å². The molecule has 0 spiro atoms. The van der Waals surface area contributed by atoms with Crippen LogP contribution in [0.2, 0.25) is 0 Å². The van der Waals surface area contributed by atoms with Crippen LogP contribution in [0, 0.1) is 12.7 Å². The summed E-state index contributed by atoms with van der Waals surface area (Å²) in [6, 6.07) is 4.80. The van der Waals surface area contributed by atoms with E-state index in [-0.39, 0.29) is 11.5 Å². The molecule has 0 unspecified atom stereocenters. The summed E-state index contributed by atoms with van der Waals surface area (Å²) in [5.41, 5.74) is 1.60. The Labute approximate surface area is 111 Å². The number of aryl methyl sites for hydroxylation is 2. The topological polar surface area (TPSA) is 46.9 Å². The van der Waals surface area contributed by atoms with Gasteiger partial charge in [0.15, 0.2) is 0 Å². The van der Waals surface area contributed by atoms with Gasteiger partial charge in [0.05, 0.1) is 11.8 Å². The van der Waals surface area contributed by atoms with Crippen molar-refractivity contribution < 1.29 is 9.18 Å². The highest BCUT2D eigenvalue weighted by Crippen LogP contribution is 2.11. The first-order chi connectivity index (χ1) is 9.08. The highest BCUT2D eigenvalue weighted by Gasteiger charge is 2.12. The van der Waals surface area contributed by atoms with Gasteiger partial charge in [0.25, 0.3) is 5.91 Å². The van der Waals surface area contributed by atoms with Crippen LogP contribution >= 0.6 is 0 Å². The Morgan fingerprint density at radius 2 is 2.26 bits per heavy atom. The van der Waals surface area contributed by atoms with Crippen LogP contribution in [0.4, 0.5) is 4.39 Å². The maximum absolute atomic E-state index is 13.7. The zero-order valence-electron chi connectivity index (χ0n) is 11.0. The van der Waals surface area contributed by atoms with Crippen molar-refractivity contribution in [3.8, 4) is 0 Å². The number of carbonyl (C=O) groups is 1. The van der Waals surface area contributed by atoms with Gasteiger partial charge in [0.1, 0.15) is 5.82 Å². The molecule has 0 saturated heterocycles. The fraction of sp³-hybridized carbons (Fsp3) is 0.286. The van der Waals surface area contributed by atoms with Crippen molar-refractivity contribution >= 4 is 5.91 Å². The van der Waals surface area contributed by atoms with E-state index in [0.29, 0.717) is 18.5 Å². The number of benzene rings is 1. The average Bonchev–Trinajstić information content (AvgIpc) is 2.78. The molecule has 1 heterocycles. The van der Waals surface area contributed by atoms with Crippen molar-refractivity contribution in [2.75, 3.05) is 6.54 Å². The van der Waals surface area contributed by atoms with Crippen LogP contribution in [0.15, 0.2) is 30.6 Å². The lowest BCUT2D eigenvalue weighted by molar-refractivity contribution is 0.0950. The normalized spacial score (nSPS) is 10.5. The van der Waals surface area contributed by atoms with Gasteiger partial charge in [-0.1, -0.05) is 12.1 Å². The number of nitrogens with zero attached hydrogens (tertiary/aromatic N) is 2. The van der Waals surface area contributed by atoms with Crippen molar-refractivity contribution in [1.29, 1.82) is 0 Å². The predicted molar refractivity (Wildman–Crippen MR) is 70.4 cm³/mol. The molecule has 0 bridgehead atoms. The van der Waals surface area contributed by atoms with Gasteiger partial charge < -0.3 is 5.32 Å². The molecule has 0 fully saturated rings. The van der Waals surface area contributed by atoms with Crippen LogP contribution in [0.25, 0.3) is 0 Å². The van der Waals surface area contributed by atoms with Crippen LogP contribution < -0.4 is 5.32 Å². The molecule has 2 rings (SSSR count). The van der Waals surface area contributed by atoms with E-state index in [4.69, 9.17) is 0 Å². The third kappa shape index (κ3) is 3.19. The van der Waals surface area contributed by atoms with E-state index < -0.39 is 5.82 Å². The fourth-order valence-electron chi connectivity index (χ4n) is 1.84. The number of amides is 1. The third-order valence-corrected chi connectivity index (χ3v) is 2.89. The Bertz CT molecular complexity index is 592. The summed E-state index contributed by atoms with van der Waals surface area (Å²) in [6.07, 6.45) is 4.31. The lowest BCUT2D eigenvalue weighted by atomic mass is 10.1. The zero-order chi connectivity index (χ0) is 13.8. The highest BCUT2D eigenvalue weighted by atomic mass is 19.1. The SMILES string of the molecule is Cc1cccc(C(=O)NCCc2cnn(C)c2)c1F. The van der Waals surface area contributed by atoms with Crippen molar-refractivity contribution in [2.45, 2.75) is 13.3 Å². The highest BCUT2D eigenvalue weighted by molar-refractivity contribution is 5.94. The molecule has 0 aliphatic rings. The number of hydrogen-bond acceptors (Lipinski definition) is 2. The molecule has 0 radical (unpaired) electrons. The van der Waals surface area contributed by atoms with Gasteiger partial charge in [-0.3, -0.25) is 9.48 Å². The van der Waals surface area contributed by atoms with Crippen LogP contribution in [0.3, 0.4) is 0 Å². The zero-order valence-corrected chi connectivity index (χ0v) is 11.0. The van der Waals surface area contributed by atoms with E-state index in [2.05, 4.69) is 10.4 Å². The number of hydrogen-bond donors (Lipinski definition) is 1. The van der Waals surface area contributed by atoms with Gasteiger partial charge in [-0.05, 0) is 30.5 Å². The Hall–Kier alpha value is -2.17. The van der Waals surface area contributed by atoms with Gasteiger partial charge in [0.2, 0.25) is 0 Å². The Balaban J connectivity index is 1.93. The second-order valence-corrected chi connectivity index (χ2v) is 4.46. The molecule has 19 heavy (non-hydrogen) atoms. The fourth-order valence-corrected chi connectivity index (χ4v) is 1.84. The Morgan fingerprint density at radius 1 is 1.47 bits per heavy atom. The number of rotatable bonds is 4. The maximum atomic E-state index is 13.7. The number of halogens is 1. The lowest BCUT2D eigenvalue weighted by Crippen LogP contribution is -2.26. The number of aromatic nitrogens is 2. The molecule has 0 aliphatic heterocycles. The summed E-state index contributed by atoms with van der Waals surface area (Å²) < 4.78 is 15.4. The largest absolute Gasteiger partial charge is 0.352 e. The van der Waals surface area contributed by atoms with Crippen LogP contribution in [-0.2, 0) is 13.5 Å². The van der Waals surface area contributed by atoms with Gasteiger partial charge in [-0.2, -0.15) is 5.10 Å². The van der Waals surface area contributed by atoms with Gasteiger partial charge >= 0.3 is 0 Å². The standard InChI is InChI=1S/C14H16FN3O/c1-10-4-3-5-12(13(10)15)14(19)16-7-6-11-8-17-18(2)9-11/h3-5,8-9H,6-7H2,1-2H3,(H,16,19). The van der Waals surface area contributed by atoms with E-state index in [1.165, 1.54) is 6.07 Å². The molecule has 2 aromatic rings. The molecule has 1 N–H and O–H groups in total. The molecular weight excluding hydrogens is 245 g/mol. The van der Waals surface area contributed by atoms with Crippen LogP contribution in [0.1, 0.15) is 21.5 Å². The molecule has 0 atom stereocenters. The molecule has 1 aromatic heterocycles. The smallest absolute Gasteiger partial charge is 0.254 e. The molecular formula is C14H16FN3O. The van der Waals surface area contributed by atoms with Crippen molar-refractivity contribution in [2.24, 2.45) is 7.05 Å². The van der Waals surface area contributed by atoms with E-state index in [0.717, 1.165) is 5.56 Å². The third-order valence-electron chi connectivity index (χ3n) is 2.89. The molecule has 100 valence electrons. The van der Waals surface area contributed by atoms with Crippen LogP contribution in [-0.4, -0.2) is 22.2 Å². The number of nitrogens with one attached hydrogen (secondary N) is 1. The summed E-state index contributed by atoms with van der Waals surface area (Å²) in [7, 11) is 1.84. The van der Waals surface area contributed by atoms with Crippen LogP contribution in [0.5, 0.6) is 0 Å². The first kappa shape index (κ1) is 13.3. The van der Waals surface area contributed by atoms with E-state index in [1.807, 2.05) is 13.2 Å².